The van der Waals surface area contributed by atoms with Gasteiger partial charge in [-0.1, -0.05) is 80.6 Å². The van der Waals surface area contributed by atoms with Gasteiger partial charge in [0.2, 0.25) is 5.60 Å². The minimum Gasteiger partial charge on any atom is -0.502 e. The van der Waals surface area contributed by atoms with Crippen molar-refractivity contribution in [2.75, 3.05) is 26.4 Å². The van der Waals surface area contributed by atoms with E-state index in [1.165, 1.54) is 68.9 Å². The monoisotopic (exact) mass is 727 g/mol. The van der Waals surface area contributed by atoms with Gasteiger partial charge in [0.05, 0.1) is 44.3 Å². The summed E-state index contributed by atoms with van der Waals surface area (Å²) in [5.74, 6) is -1.76. The van der Waals surface area contributed by atoms with Crippen LogP contribution in [-0.4, -0.2) is 49.1 Å². The summed E-state index contributed by atoms with van der Waals surface area (Å²) in [5, 5.41) is 35.5. The minimum absolute atomic E-state index is 0. The van der Waals surface area contributed by atoms with Gasteiger partial charge in [-0.15, -0.1) is 12.1 Å². The van der Waals surface area contributed by atoms with Crippen LogP contribution in [0.1, 0.15) is 63.6 Å². The molecule has 1 aliphatic heterocycles. The number of allylic oxidation sites excluding steroid dienone is 1. The van der Waals surface area contributed by atoms with E-state index in [0.29, 0.717) is 19.1 Å². The number of alkyl halides is 3. The molecule has 2 atom stereocenters. The van der Waals surface area contributed by atoms with Gasteiger partial charge in [0.25, 0.3) is 0 Å². The Kier molecular flexibility index (Phi) is 32.6. The Morgan fingerprint density at radius 1 is 0.887 bits per heavy atom. The van der Waals surface area contributed by atoms with Crippen LogP contribution in [0.25, 0.3) is 0 Å². The second-order valence-corrected chi connectivity index (χ2v) is 10.2. The summed E-state index contributed by atoms with van der Waals surface area (Å²) >= 11 is 0. The van der Waals surface area contributed by atoms with Crippen molar-refractivity contribution in [3.05, 3.63) is 139 Å². The van der Waals surface area contributed by atoms with Crippen molar-refractivity contribution in [3.8, 4) is 18.2 Å². The van der Waals surface area contributed by atoms with Crippen LogP contribution in [-0.2, 0) is 25.4 Å². The SMILES string of the molecule is C.C1CCOC1.CCO/C=C/C(C)=O.CCO/C=C/C(O)(C(C#N)c1ccccc1)C(F)(F)F.N#CCc1ccccc1.N#C[CH-]c1ccccc1.[Li+]. The van der Waals surface area contributed by atoms with Crippen LogP contribution < -0.4 is 18.9 Å². The summed E-state index contributed by atoms with van der Waals surface area (Å²) in [5.41, 5.74) is -1.19. The Balaban J connectivity index is -0.000000637. The Hall–Kier alpha value is -4.94. The first-order chi connectivity index (χ1) is 24.5. The van der Waals surface area contributed by atoms with Crippen molar-refractivity contribution in [3.63, 3.8) is 0 Å². The number of halogens is 3. The summed E-state index contributed by atoms with van der Waals surface area (Å²) in [4.78, 5) is 10.2. The quantitative estimate of drug-likeness (QED) is 0.113. The van der Waals surface area contributed by atoms with Crippen molar-refractivity contribution in [2.24, 2.45) is 0 Å². The van der Waals surface area contributed by atoms with Crippen LogP contribution >= 0.6 is 0 Å². The topological polar surface area (TPSA) is 136 Å². The molecule has 1 N–H and O–H groups in total. The summed E-state index contributed by atoms with van der Waals surface area (Å²) in [6.45, 7) is 7.72. The largest absolute Gasteiger partial charge is 1.00 e. The zero-order chi connectivity index (χ0) is 38.2. The first kappa shape index (κ1) is 52.4. The Morgan fingerprint density at radius 2 is 1.38 bits per heavy atom. The molecule has 1 aliphatic rings. The van der Waals surface area contributed by atoms with E-state index in [1.807, 2.05) is 73.7 Å². The number of nitrogens with zero attached hydrogens (tertiary/aromatic N) is 3. The summed E-state index contributed by atoms with van der Waals surface area (Å²) in [7, 11) is 0. The molecule has 4 rings (SSSR count). The Bertz CT molecular complexity index is 1460. The predicted octanol–water partition coefficient (Wildman–Crippen LogP) is 6.22. The van der Waals surface area contributed by atoms with Crippen LogP contribution in [0.4, 0.5) is 13.2 Å². The number of carbonyl (C=O) groups is 1. The van der Waals surface area contributed by atoms with Gasteiger partial charge in [-0.2, -0.15) is 41.4 Å². The molecule has 0 aliphatic carbocycles. The number of carbonyl (C=O) groups excluding carboxylic acids is 1. The van der Waals surface area contributed by atoms with Gasteiger partial charge >= 0.3 is 25.0 Å². The first-order valence-corrected chi connectivity index (χ1v) is 16.1. The molecule has 1 fully saturated rings. The molecule has 53 heavy (non-hydrogen) atoms. The summed E-state index contributed by atoms with van der Waals surface area (Å²) in [6, 6.07) is 32.1. The maximum atomic E-state index is 13.1. The Morgan fingerprint density at radius 3 is 1.77 bits per heavy atom. The number of rotatable bonds is 10. The normalized spacial score (nSPS) is 12.7. The van der Waals surface area contributed by atoms with Gasteiger partial charge in [0.1, 0.15) is 5.92 Å². The molecule has 2 unspecified atom stereocenters. The van der Waals surface area contributed by atoms with Crippen LogP contribution in [0.3, 0.4) is 0 Å². The van der Waals surface area contributed by atoms with Gasteiger partial charge in [-0.3, -0.25) is 4.79 Å². The van der Waals surface area contributed by atoms with Crippen LogP contribution in [0, 0.1) is 40.4 Å². The number of ether oxygens (including phenoxy) is 3. The van der Waals surface area contributed by atoms with E-state index in [0.717, 1.165) is 30.6 Å². The molecule has 3 aromatic carbocycles. The van der Waals surface area contributed by atoms with Crippen molar-refractivity contribution in [1.82, 2.24) is 0 Å². The number of hydrogen-bond acceptors (Lipinski definition) is 8. The van der Waals surface area contributed by atoms with Gasteiger partial charge < -0.3 is 19.3 Å². The van der Waals surface area contributed by atoms with E-state index < -0.39 is 17.7 Å². The van der Waals surface area contributed by atoms with Crippen molar-refractivity contribution in [2.45, 2.75) is 65.2 Å². The second-order valence-electron chi connectivity index (χ2n) is 10.2. The van der Waals surface area contributed by atoms with E-state index >= 15 is 0 Å². The molecule has 0 amide bonds. The van der Waals surface area contributed by atoms with Crippen LogP contribution in [0.5, 0.6) is 0 Å². The van der Waals surface area contributed by atoms with Gasteiger partial charge in [0.15, 0.2) is 5.78 Å². The molecular formula is C41H49F3LiN3O5. The second kappa shape index (κ2) is 32.9. The third-order valence-electron chi connectivity index (χ3n) is 6.29. The van der Waals surface area contributed by atoms with Crippen LogP contribution in [0.15, 0.2) is 116 Å². The molecule has 280 valence electrons. The molecule has 1 saturated heterocycles. The van der Waals surface area contributed by atoms with E-state index in [2.05, 4.69) is 6.07 Å². The molecule has 0 aromatic heterocycles. The molecule has 3 aromatic rings. The third-order valence-corrected chi connectivity index (χ3v) is 6.29. The fourth-order valence-electron chi connectivity index (χ4n) is 3.74. The molecule has 1 heterocycles. The van der Waals surface area contributed by atoms with Crippen molar-refractivity contribution < 1.29 is 56.1 Å². The standard InChI is InChI=1S/C14H14F3NO2.C8H7N.C8H6N.C6H10O2.C4H8O.CH4.Li/c1-2-20-9-8-13(19,14(15,16)17)12(10-18)11-6-4-3-5-7-11;2*9-7-6-8-4-2-1-3-5-8;1-3-8-5-4-6(2)7;1-2-4-5-3-1;;/h3-9,12,19H,2H2,1H3;1-5H,6H2;1-6H;4-5H,3H2,1-2H3;1-4H2;1H4;/q;;-1;;;;+1/b9-8+;;;5-4+;;;. The Labute approximate surface area is 325 Å². The number of benzene rings is 3. The maximum Gasteiger partial charge on any atom is 1.00 e. The maximum absolute atomic E-state index is 13.1. The van der Waals surface area contributed by atoms with Gasteiger partial charge in [-0.05, 0) is 50.8 Å². The van der Waals surface area contributed by atoms with Crippen LogP contribution in [0.2, 0.25) is 0 Å². The number of ketones is 1. The zero-order valence-electron chi connectivity index (χ0n) is 30.1. The molecule has 0 bridgehead atoms. The van der Waals surface area contributed by atoms with Gasteiger partial charge in [-0.25, -0.2) is 5.26 Å². The van der Waals surface area contributed by atoms with E-state index in [4.69, 9.17) is 30.0 Å². The molecule has 0 radical (unpaired) electrons. The smallest absolute Gasteiger partial charge is 0.502 e. The van der Waals surface area contributed by atoms with Crippen molar-refractivity contribution in [1.29, 1.82) is 15.8 Å². The molecule has 0 spiro atoms. The van der Waals surface area contributed by atoms with Crippen molar-refractivity contribution >= 4 is 5.78 Å². The van der Waals surface area contributed by atoms with Gasteiger partial charge in [0, 0.05) is 25.4 Å². The average Bonchev–Trinajstić information content (AvgIpc) is 3.72. The predicted molar refractivity (Wildman–Crippen MR) is 196 cm³/mol. The van der Waals surface area contributed by atoms with E-state index in [9.17, 15) is 23.1 Å². The fourth-order valence-corrected chi connectivity index (χ4v) is 3.74. The molecule has 12 heteroatoms. The molecule has 8 nitrogen and oxygen atoms in total. The fraction of sp³-hybridized carbons (Fsp3) is 0.341. The zero-order valence-corrected chi connectivity index (χ0v) is 30.1. The molecular weight excluding hydrogens is 678 g/mol. The average molecular weight is 728 g/mol. The number of nitriles is 3. The van der Waals surface area contributed by atoms with E-state index in [1.54, 1.807) is 13.0 Å². The van der Waals surface area contributed by atoms with E-state index in [-0.39, 0.29) is 44.2 Å². The summed E-state index contributed by atoms with van der Waals surface area (Å²) in [6.07, 6.45) is 3.61. The number of hydrogen-bond donors (Lipinski definition) is 1. The first-order valence-electron chi connectivity index (χ1n) is 16.1. The minimum atomic E-state index is -5.00. The summed E-state index contributed by atoms with van der Waals surface area (Å²) < 4.78 is 53.8. The third kappa shape index (κ3) is 24.8. The molecule has 0 saturated carbocycles. The number of aliphatic hydroxyl groups is 1.